The van der Waals surface area contributed by atoms with E-state index in [1.54, 1.807) is 11.3 Å². The predicted octanol–water partition coefficient (Wildman–Crippen LogP) is 1.71. The van der Waals surface area contributed by atoms with Gasteiger partial charge < -0.3 is 10.2 Å². The summed E-state index contributed by atoms with van der Waals surface area (Å²) in [4.78, 5) is 14.8. The van der Waals surface area contributed by atoms with E-state index in [1.165, 1.54) is 4.88 Å². The summed E-state index contributed by atoms with van der Waals surface area (Å²) in [6.07, 6.45) is 0. The monoisotopic (exact) mass is 226 g/mol. The number of nitrogens with one attached hydrogen (secondary N) is 1. The summed E-state index contributed by atoms with van der Waals surface area (Å²) in [5.41, 5.74) is 0. The van der Waals surface area contributed by atoms with E-state index in [0.717, 1.165) is 19.6 Å². The Hall–Kier alpha value is -0.870. The van der Waals surface area contributed by atoms with Crippen molar-refractivity contribution in [3.8, 4) is 0 Å². The van der Waals surface area contributed by atoms with Crippen LogP contribution in [0, 0.1) is 0 Å². The zero-order valence-electron chi connectivity index (χ0n) is 9.32. The Labute approximate surface area is 95.1 Å². The highest BCUT2D eigenvalue weighted by Crippen LogP contribution is 2.11. The molecule has 0 saturated heterocycles. The van der Waals surface area contributed by atoms with Crippen LogP contribution in [-0.2, 0) is 11.3 Å². The Kier molecular flexibility index (Phi) is 5.36. The van der Waals surface area contributed by atoms with Crippen molar-refractivity contribution in [1.82, 2.24) is 10.2 Å². The number of carbonyl (C=O) groups is 1. The molecule has 0 aromatic carbocycles. The van der Waals surface area contributed by atoms with Crippen molar-refractivity contribution in [1.29, 1.82) is 0 Å². The number of nitrogens with zero attached hydrogens (tertiary/aromatic N) is 1. The molecule has 15 heavy (non-hydrogen) atoms. The Morgan fingerprint density at radius 3 is 2.87 bits per heavy atom. The first-order valence-electron chi connectivity index (χ1n) is 5.28. The molecule has 1 aromatic heterocycles. The third-order valence-corrected chi connectivity index (χ3v) is 3.05. The second-order valence-corrected chi connectivity index (χ2v) is 4.30. The number of likely N-dealkylation sites (N-methyl/N-ethyl adjacent to an activating group) is 2. The van der Waals surface area contributed by atoms with Crippen LogP contribution in [0.5, 0.6) is 0 Å². The Morgan fingerprint density at radius 2 is 2.33 bits per heavy atom. The molecule has 0 saturated carbocycles. The van der Waals surface area contributed by atoms with Gasteiger partial charge in [0, 0.05) is 11.4 Å². The summed E-state index contributed by atoms with van der Waals surface area (Å²) >= 11 is 1.69. The van der Waals surface area contributed by atoms with E-state index in [9.17, 15) is 4.79 Å². The molecule has 4 heteroatoms. The highest BCUT2D eigenvalue weighted by Gasteiger charge is 2.11. The van der Waals surface area contributed by atoms with Crippen LogP contribution >= 0.6 is 11.3 Å². The van der Waals surface area contributed by atoms with Crippen LogP contribution in [0.25, 0.3) is 0 Å². The molecule has 1 amide bonds. The van der Waals surface area contributed by atoms with Crippen LogP contribution in [0.15, 0.2) is 17.5 Å². The summed E-state index contributed by atoms with van der Waals surface area (Å²) in [5, 5.41) is 5.09. The molecule has 84 valence electrons. The van der Waals surface area contributed by atoms with Gasteiger partial charge in [0.1, 0.15) is 0 Å². The van der Waals surface area contributed by atoms with Gasteiger partial charge in [0.25, 0.3) is 0 Å². The minimum absolute atomic E-state index is 0.174. The first-order chi connectivity index (χ1) is 7.27. The molecular weight excluding hydrogens is 208 g/mol. The molecule has 1 rings (SSSR count). The van der Waals surface area contributed by atoms with Gasteiger partial charge in [-0.2, -0.15) is 0 Å². The van der Waals surface area contributed by atoms with Crippen LogP contribution in [0.1, 0.15) is 18.7 Å². The van der Waals surface area contributed by atoms with Gasteiger partial charge in [-0.15, -0.1) is 11.3 Å². The summed E-state index contributed by atoms with van der Waals surface area (Å²) in [6.45, 7) is 6.79. The van der Waals surface area contributed by atoms with E-state index in [2.05, 4.69) is 11.4 Å². The highest BCUT2D eigenvalue weighted by molar-refractivity contribution is 7.09. The molecule has 0 bridgehead atoms. The predicted molar refractivity (Wildman–Crippen MR) is 64.0 cm³/mol. The molecule has 0 spiro atoms. The fourth-order valence-corrected chi connectivity index (χ4v) is 2.03. The lowest BCUT2D eigenvalue weighted by Crippen LogP contribution is -2.37. The minimum atomic E-state index is 0.174. The number of hydrogen-bond acceptors (Lipinski definition) is 3. The summed E-state index contributed by atoms with van der Waals surface area (Å²) in [6, 6.07) is 4.08. The number of carbonyl (C=O) groups excluding carboxylic acids is 1. The molecule has 0 unspecified atom stereocenters. The first kappa shape index (κ1) is 12.2. The van der Waals surface area contributed by atoms with Crippen LogP contribution in [0.4, 0.5) is 0 Å². The average molecular weight is 226 g/mol. The van der Waals surface area contributed by atoms with Gasteiger partial charge >= 0.3 is 0 Å². The van der Waals surface area contributed by atoms with E-state index in [-0.39, 0.29) is 5.91 Å². The summed E-state index contributed by atoms with van der Waals surface area (Å²) < 4.78 is 0. The molecule has 1 N–H and O–H groups in total. The number of thiophene rings is 1. The second kappa shape index (κ2) is 6.58. The lowest BCUT2D eigenvalue weighted by atomic mass is 10.4. The van der Waals surface area contributed by atoms with Gasteiger partial charge in [0.05, 0.1) is 13.1 Å². The van der Waals surface area contributed by atoms with Crippen molar-refractivity contribution < 1.29 is 4.79 Å². The molecule has 0 atom stereocenters. The topological polar surface area (TPSA) is 32.3 Å². The fraction of sp³-hybridized carbons (Fsp3) is 0.545. The van der Waals surface area contributed by atoms with Crippen molar-refractivity contribution in [3.05, 3.63) is 22.4 Å². The maximum atomic E-state index is 11.7. The van der Waals surface area contributed by atoms with Crippen LogP contribution < -0.4 is 5.32 Å². The van der Waals surface area contributed by atoms with Gasteiger partial charge in [0.15, 0.2) is 0 Å². The van der Waals surface area contributed by atoms with Crippen molar-refractivity contribution in [2.45, 2.75) is 20.4 Å². The minimum Gasteiger partial charge on any atom is -0.337 e. The SMILES string of the molecule is CCNCC(=O)N(CC)Cc1cccs1. The van der Waals surface area contributed by atoms with Gasteiger partial charge in [0.2, 0.25) is 5.91 Å². The standard InChI is InChI=1S/C11H18N2OS/c1-3-12-8-11(14)13(4-2)9-10-6-5-7-15-10/h5-7,12H,3-4,8-9H2,1-2H3. The highest BCUT2D eigenvalue weighted by atomic mass is 32.1. The van der Waals surface area contributed by atoms with E-state index in [0.29, 0.717) is 6.54 Å². The fourth-order valence-electron chi connectivity index (χ4n) is 1.31. The molecule has 0 fully saturated rings. The average Bonchev–Trinajstić information content (AvgIpc) is 2.75. The third kappa shape index (κ3) is 4.01. The largest absolute Gasteiger partial charge is 0.337 e. The van der Waals surface area contributed by atoms with E-state index < -0.39 is 0 Å². The van der Waals surface area contributed by atoms with E-state index >= 15 is 0 Å². The number of rotatable bonds is 6. The zero-order valence-corrected chi connectivity index (χ0v) is 10.1. The van der Waals surface area contributed by atoms with Gasteiger partial charge in [-0.25, -0.2) is 0 Å². The normalized spacial score (nSPS) is 10.3. The lowest BCUT2D eigenvalue weighted by molar-refractivity contribution is -0.130. The molecular formula is C11H18N2OS. The van der Waals surface area contributed by atoms with Crippen molar-refractivity contribution in [2.24, 2.45) is 0 Å². The Balaban J connectivity index is 2.44. The second-order valence-electron chi connectivity index (χ2n) is 3.27. The molecule has 0 aliphatic carbocycles. The van der Waals surface area contributed by atoms with Crippen molar-refractivity contribution >= 4 is 17.2 Å². The van der Waals surface area contributed by atoms with E-state index in [4.69, 9.17) is 0 Å². The van der Waals surface area contributed by atoms with Gasteiger partial charge in [-0.3, -0.25) is 4.79 Å². The van der Waals surface area contributed by atoms with Crippen molar-refractivity contribution in [2.75, 3.05) is 19.6 Å². The van der Waals surface area contributed by atoms with Crippen LogP contribution in [-0.4, -0.2) is 30.4 Å². The quantitative estimate of drug-likeness (QED) is 0.801. The van der Waals surface area contributed by atoms with Gasteiger partial charge in [-0.1, -0.05) is 13.0 Å². The third-order valence-electron chi connectivity index (χ3n) is 2.19. The van der Waals surface area contributed by atoms with Gasteiger partial charge in [-0.05, 0) is 24.9 Å². The summed E-state index contributed by atoms with van der Waals surface area (Å²) in [7, 11) is 0. The molecule has 1 heterocycles. The first-order valence-corrected chi connectivity index (χ1v) is 6.16. The maximum Gasteiger partial charge on any atom is 0.236 e. The lowest BCUT2D eigenvalue weighted by Gasteiger charge is -2.20. The zero-order chi connectivity index (χ0) is 11.1. The maximum absolute atomic E-state index is 11.7. The van der Waals surface area contributed by atoms with E-state index in [1.807, 2.05) is 30.2 Å². The number of amides is 1. The molecule has 1 aromatic rings. The summed E-state index contributed by atoms with van der Waals surface area (Å²) in [5.74, 6) is 0.174. The molecule has 0 aliphatic rings. The Bertz CT molecular complexity index is 285. The Morgan fingerprint density at radius 1 is 1.53 bits per heavy atom. The smallest absolute Gasteiger partial charge is 0.236 e. The van der Waals surface area contributed by atoms with Crippen molar-refractivity contribution in [3.63, 3.8) is 0 Å². The molecule has 3 nitrogen and oxygen atoms in total. The van der Waals surface area contributed by atoms with Crippen LogP contribution in [0.3, 0.4) is 0 Å². The number of hydrogen-bond donors (Lipinski definition) is 1. The molecule has 0 aliphatic heterocycles. The van der Waals surface area contributed by atoms with Crippen LogP contribution in [0.2, 0.25) is 0 Å². The molecule has 0 radical (unpaired) electrons.